The summed E-state index contributed by atoms with van der Waals surface area (Å²) in [5.41, 5.74) is 0.707. The molecule has 2 aromatic rings. The number of esters is 1. The number of ether oxygens (including phenoxy) is 3. The molecule has 2 heterocycles. The quantitative estimate of drug-likeness (QED) is 0.369. The van der Waals surface area contributed by atoms with Gasteiger partial charge in [-0.05, 0) is 42.8 Å². The Morgan fingerprint density at radius 3 is 2.67 bits per heavy atom. The van der Waals surface area contributed by atoms with Gasteiger partial charge in [0.05, 0.1) is 27.4 Å². The van der Waals surface area contributed by atoms with E-state index >= 15 is 0 Å². The summed E-state index contributed by atoms with van der Waals surface area (Å²) in [5, 5.41) is 2.54. The van der Waals surface area contributed by atoms with Crippen molar-refractivity contribution in [2.75, 3.05) is 20.8 Å². The number of nitrogens with zero attached hydrogens (tertiary/aromatic N) is 1. The first kappa shape index (κ1) is 21.4. The Bertz CT molecular complexity index is 1030. The highest BCUT2D eigenvalue weighted by atomic mass is 79.9. The number of methoxy groups -OCH3 is 2. The van der Waals surface area contributed by atoms with Gasteiger partial charge in [-0.1, -0.05) is 15.9 Å². The average Bonchev–Trinajstić information content (AvgIpc) is 3.30. The number of hydrogen-bond acceptors (Lipinski definition) is 7. The smallest absolute Gasteiger partial charge is 0.373 e. The van der Waals surface area contributed by atoms with Gasteiger partial charge < -0.3 is 23.9 Å². The van der Waals surface area contributed by atoms with Crippen molar-refractivity contribution >= 4 is 39.9 Å². The van der Waals surface area contributed by atoms with Crippen LogP contribution < -0.4 is 14.8 Å². The fraction of sp³-hybridized carbons (Fsp3) is 0.250. The van der Waals surface area contributed by atoms with Gasteiger partial charge in [0.15, 0.2) is 11.5 Å². The van der Waals surface area contributed by atoms with Gasteiger partial charge in [-0.3, -0.25) is 9.69 Å². The third kappa shape index (κ3) is 4.33. The summed E-state index contributed by atoms with van der Waals surface area (Å²) >= 11 is 3.44. The van der Waals surface area contributed by atoms with E-state index in [0.717, 1.165) is 4.90 Å². The molecule has 3 rings (SSSR count). The Balaban J connectivity index is 1.83. The lowest BCUT2D eigenvalue weighted by Crippen LogP contribution is -2.30. The molecule has 10 heteroatoms. The molecule has 0 unspecified atom stereocenters. The van der Waals surface area contributed by atoms with Crippen molar-refractivity contribution < 1.29 is 33.0 Å². The van der Waals surface area contributed by atoms with Crippen LogP contribution in [-0.4, -0.2) is 43.6 Å². The summed E-state index contributed by atoms with van der Waals surface area (Å²) in [6.07, 6.45) is 1.53. The molecule has 1 aromatic heterocycles. The third-order valence-electron chi connectivity index (χ3n) is 4.21. The molecule has 9 nitrogen and oxygen atoms in total. The number of amides is 3. The van der Waals surface area contributed by atoms with Crippen molar-refractivity contribution in [3.8, 4) is 11.5 Å². The largest absolute Gasteiger partial charge is 0.493 e. The number of carbonyl (C=O) groups is 3. The van der Waals surface area contributed by atoms with E-state index in [2.05, 4.69) is 26.0 Å². The fourth-order valence-electron chi connectivity index (χ4n) is 2.79. The van der Waals surface area contributed by atoms with Crippen LogP contribution in [0.25, 0.3) is 6.08 Å². The molecule has 0 saturated carbocycles. The highest BCUT2D eigenvalue weighted by molar-refractivity contribution is 9.10. The van der Waals surface area contributed by atoms with Gasteiger partial charge in [0, 0.05) is 4.47 Å². The Hall–Kier alpha value is -3.27. The van der Waals surface area contributed by atoms with E-state index < -0.39 is 17.9 Å². The molecule has 0 bridgehead atoms. The highest BCUT2D eigenvalue weighted by Crippen LogP contribution is 2.35. The molecule has 158 valence electrons. The SMILES string of the molecule is CCOc1cc(Br)c(C=C2NC(=O)N(Cc3ccc(C(=O)OC)o3)C2=O)cc1OC. The van der Waals surface area contributed by atoms with Crippen LogP contribution in [0.5, 0.6) is 11.5 Å². The van der Waals surface area contributed by atoms with Crippen molar-refractivity contribution in [2.24, 2.45) is 0 Å². The molecule has 1 aliphatic heterocycles. The first-order chi connectivity index (χ1) is 14.4. The van der Waals surface area contributed by atoms with E-state index in [0.29, 0.717) is 28.1 Å². The van der Waals surface area contributed by atoms with Crippen LogP contribution in [-0.2, 0) is 16.1 Å². The zero-order valence-electron chi connectivity index (χ0n) is 16.5. The molecular weight excluding hydrogens is 460 g/mol. The van der Waals surface area contributed by atoms with Crippen LogP contribution in [0.4, 0.5) is 4.79 Å². The molecule has 1 aromatic carbocycles. The molecule has 1 N–H and O–H groups in total. The zero-order chi connectivity index (χ0) is 21.8. The van der Waals surface area contributed by atoms with Crippen molar-refractivity contribution in [2.45, 2.75) is 13.5 Å². The third-order valence-corrected chi connectivity index (χ3v) is 4.89. The van der Waals surface area contributed by atoms with Crippen molar-refractivity contribution in [3.05, 3.63) is 51.5 Å². The molecule has 0 aliphatic carbocycles. The fourth-order valence-corrected chi connectivity index (χ4v) is 3.23. The second-order valence-electron chi connectivity index (χ2n) is 6.09. The summed E-state index contributed by atoms with van der Waals surface area (Å²) in [5.74, 6) is 0.122. The lowest BCUT2D eigenvalue weighted by molar-refractivity contribution is -0.123. The van der Waals surface area contributed by atoms with Gasteiger partial charge in [-0.25, -0.2) is 9.59 Å². The van der Waals surface area contributed by atoms with Gasteiger partial charge in [-0.15, -0.1) is 0 Å². The van der Waals surface area contributed by atoms with Crippen LogP contribution in [0.2, 0.25) is 0 Å². The monoisotopic (exact) mass is 478 g/mol. The molecule has 30 heavy (non-hydrogen) atoms. The summed E-state index contributed by atoms with van der Waals surface area (Å²) in [4.78, 5) is 37.5. The summed E-state index contributed by atoms with van der Waals surface area (Å²) in [7, 11) is 2.74. The summed E-state index contributed by atoms with van der Waals surface area (Å²) < 4.78 is 21.4. The number of nitrogens with one attached hydrogen (secondary N) is 1. The van der Waals surface area contributed by atoms with Crippen LogP contribution in [0.1, 0.15) is 28.8 Å². The number of urea groups is 1. The number of benzene rings is 1. The van der Waals surface area contributed by atoms with Gasteiger partial charge in [0.25, 0.3) is 5.91 Å². The molecular formula is C20H19BrN2O7. The number of rotatable bonds is 7. The standard InChI is InChI=1S/C20H19BrN2O7/c1-4-29-17-9-13(21)11(8-16(17)27-2)7-14-18(24)23(20(26)22-14)10-12-5-6-15(30-12)19(25)28-3/h5-9H,4,10H2,1-3H3,(H,22,26). The number of carbonyl (C=O) groups excluding carboxylic acids is 3. The second kappa shape index (κ2) is 9.04. The molecule has 0 spiro atoms. The minimum absolute atomic E-state index is 0.0132. The molecule has 0 atom stereocenters. The van der Waals surface area contributed by atoms with Gasteiger partial charge in [0.2, 0.25) is 5.76 Å². The number of furan rings is 1. The van der Waals surface area contributed by atoms with Crippen molar-refractivity contribution in [1.29, 1.82) is 0 Å². The molecule has 1 fully saturated rings. The lowest BCUT2D eigenvalue weighted by Gasteiger charge is -2.12. The Kier molecular flexibility index (Phi) is 6.46. The average molecular weight is 479 g/mol. The van der Waals surface area contributed by atoms with E-state index in [-0.39, 0.29) is 23.8 Å². The van der Waals surface area contributed by atoms with Gasteiger partial charge in [0.1, 0.15) is 11.5 Å². The maximum absolute atomic E-state index is 12.7. The summed E-state index contributed by atoms with van der Waals surface area (Å²) in [6, 6.07) is 5.74. The predicted molar refractivity (Wildman–Crippen MR) is 109 cm³/mol. The Morgan fingerprint density at radius 2 is 2.00 bits per heavy atom. The minimum atomic E-state index is -0.645. The van der Waals surface area contributed by atoms with Gasteiger partial charge >= 0.3 is 12.0 Å². The van der Waals surface area contributed by atoms with Crippen molar-refractivity contribution in [1.82, 2.24) is 10.2 Å². The molecule has 0 radical (unpaired) electrons. The van der Waals surface area contributed by atoms with E-state index in [4.69, 9.17) is 13.9 Å². The normalized spacial score (nSPS) is 14.8. The van der Waals surface area contributed by atoms with E-state index in [1.165, 1.54) is 32.4 Å². The highest BCUT2D eigenvalue weighted by Gasteiger charge is 2.34. The van der Waals surface area contributed by atoms with Crippen LogP contribution in [0, 0.1) is 0 Å². The van der Waals surface area contributed by atoms with E-state index in [1.807, 2.05) is 6.92 Å². The molecule has 1 saturated heterocycles. The molecule has 1 aliphatic rings. The number of imide groups is 1. The minimum Gasteiger partial charge on any atom is -0.493 e. The number of hydrogen-bond donors (Lipinski definition) is 1. The number of halogens is 1. The Labute approximate surface area is 180 Å². The van der Waals surface area contributed by atoms with Crippen LogP contribution in [0.3, 0.4) is 0 Å². The van der Waals surface area contributed by atoms with Crippen LogP contribution >= 0.6 is 15.9 Å². The maximum Gasteiger partial charge on any atom is 0.373 e. The molecule has 3 amide bonds. The topological polar surface area (TPSA) is 107 Å². The van der Waals surface area contributed by atoms with E-state index in [1.54, 1.807) is 12.1 Å². The van der Waals surface area contributed by atoms with Crippen LogP contribution in [0.15, 0.2) is 38.9 Å². The second-order valence-corrected chi connectivity index (χ2v) is 6.95. The Morgan fingerprint density at radius 1 is 1.23 bits per heavy atom. The summed E-state index contributed by atoms with van der Waals surface area (Å²) in [6.45, 7) is 2.20. The maximum atomic E-state index is 12.7. The van der Waals surface area contributed by atoms with E-state index in [9.17, 15) is 14.4 Å². The lowest BCUT2D eigenvalue weighted by atomic mass is 10.1. The zero-order valence-corrected chi connectivity index (χ0v) is 18.1. The first-order valence-electron chi connectivity index (χ1n) is 8.89. The van der Waals surface area contributed by atoms with Gasteiger partial charge in [-0.2, -0.15) is 0 Å². The predicted octanol–water partition coefficient (Wildman–Crippen LogP) is 3.33. The van der Waals surface area contributed by atoms with Crippen molar-refractivity contribution in [3.63, 3.8) is 0 Å². The first-order valence-corrected chi connectivity index (χ1v) is 9.69.